The Balaban J connectivity index is 2.32. The Kier molecular flexibility index (Phi) is 21.5. The lowest BCUT2D eigenvalue weighted by molar-refractivity contribution is -0.161. The van der Waals surface area contributed by atoms with Crippen molar-refractivity contribution in [3.8, 4) is 0 Å². The van der Waals surface area contributed by atoms with Crippen molar-refractivity contribution in [3.05, 3.63) is 83.9 Å². The van der Waals surface area contributed by atoms with Crippen LogP contribution in [0.5, 0.6) is 0 Å². The summed E-state index contributed by atoms with van der Waals surface area (Å²) in [6, 6.07) is 13.7. The molecule has 0 bridgehead atoms. The number of amides is 6. The molecule has 0 aliphatic rings. The first-order valence-electron chi connectivity index (χ1n) is 20.8. The molecule has 0 spiro atoms. The second kappa shape index (κ2) is 25.6. The van der Waals surface area contributed by atoms with Gasteiger partial charge in [0.1, 0.15) is 42.5 Å². The van der Waals surface area contributed by atoms with Gasteiger partial charge in [-0.2, -0.15) is 0 Å². The Morgan fingerprint density at radius 2 is 1.29 bits per heavy atom. The second-order valence-corrected chi connectivity index (χ2v) is 16.8. The number of hydrazine groups is 1. The van der Waals surface area contributed by atoms with Crippen molar-refractivity contribution in [2.75, 3.05) is 13.1 Å². The van der Waals surface area contributed by atoms with Gasteiger partial charge in [0.05, 0.1) is 6.10 Å². The fourth-order valence-corrected chi connectivity index (χ4v) is 5.59. The molecule has 0 aliphatic heterocycles. The quantitative estimate of drug-likeness (QED) is 0.0459. The number of alkyl carbamates (subject to hydrolysis) is 1. The summed E-state index contributed by atoms with van der Waals surface area (Å²) in [5.74, 6) is -6.78. The number of nitrogens with one attached hydrogen (secondary N) is 5. The van der Waals surface area contributed by atoms with Crippen LogP contribution in [0.2, 0.25) is 0 Å². The Morgan fingerprint density at radius 1 is 0.714 bits per heavy atom. The van der Waals surface area contributed by atoms with E-state index < -0.39 is 95.5 Å². The van der Waals surface area contributed by atoms with Crippen molar-refractivity contribution >= 4 is 47.6 Å². The Labute approximate surface area is 369 Å². The zero-order chi connectivity index (χ0) is 47.3. The van der Waals surface area contributed by atoms with Gasteiger partial charge in [-0.25, -0.2) is 9.80 Å². The number of rotatable bonds is 21. The SMILES string of the molecule is CC[C@H](C)[C@H](NC(=O)OCc1ccccc1)C(=O)N[C@@H](CCC(=O)OC(C)(C)C)C(=O)N[C@H](C(=O)NN(CC(=O)OC(C)(C)C)C(=O)/C=C/C(=O)NCCc1ccccc1)[C@@H](C)O. The van der Waals surface area contributed by atoms with Gasteiger partial charge in [0, 0.05) is 25.1 Å². The number of aliphatic hydroxyl groups excluding tert-OH is 1. The van der Waals surface area contributed by atoms with E-state index in [0.717, 1.165) is 17.7 Å². The molecule has 0 fully saturated rings. The highest BCUT2D eigenvalue weighted by molar-refractivity contribution is 5.99. The molecule has 6 amide bonds. The predicted molar refractivity (Wildman–Crippen MR) is 232 cm³/mol. The number of hydrogen-bond donors (Lipinski definition) is 6. The van der Waals surface area contributed by atoms with E-state index in [1.807, 2.05) is 30.3 Å². The van der Waals surface area contributed by atoms with E-state index in [1.165, 1.54) is 6.92 Å². The van der Waals surface area contributed by atoms with Crippen molar-refractivity contribution < 1.29 is 57.7 Å². The lowest BCUT2D eigenvalue weighted by Crippen LogP contribution is -2.61. The van der Waals surface area contributed by atoms with Gasteiger partial charge in [0.2, 0.25) is 17.7 Å². The van der Waals surface area contributed by atoms with Crippen LogP contribution in [0.4, 0.5) is 4.79 Å². The fraction of sp³-hybridized carbons (Fsp3) is 0.511. The van der Waals surface area contributed by atoms with Gasteiger partial charge in [-0.3, -0.25) is 39.0 Å². The van der Waals surface area contributed by atoms with Crippen LogP contribution in [-0.4, -0.2) is 106 Å². The average molecular weight is 881 g/mol. The Morgan fingerprint density at radius 3 is 1.84 bits per heavy atom. The van der Waals surface area contributed by atoms with E-state index >= 15 is 0 Å². The third-order valence-corrected chi connectivity index (χ3v) is 8.89. The minimum atomic E-state index is -1.81. The third-order valence-electron chi connectivity index (χ3n) is 8.89. The van der Waals surface area contributed by atoms with Gasteiger partial charge in [0.15, 0.2) is 0 Å². The highest BCUT2D eigenvalue weighted by Gasteiger charge is 2.35. The standard InChI is InChI=1S/C45H64N6O12/c1-10-29(2)38(49-43(60)61-28-32-19-15-12-16-20-32)41(58)47-33(21-24-36(55)62-44(4,5)6)40(57)48-39(30(3)52)42(59)50-51(27-37(56)63-45(7,8)9)35(54)23-22-34(53)46-26-25-31-17-13-11-14-18-31/h11-20,22-23,29-30,33,38-39,52H,10,21,24-28H2,1-9H3,(H,46,53)(H,47,58)(H,48,57)(H,49,60)(H,50,59)/b23-22+/t29-,30+,33-,38-,39-/m0/s1. The number of benzene rings is 2. The molecule has 0 unspecified atom stereocenters. The van der Waals surface area contributed by atoms with E-state index in [4.69, 9.17) is 14.2 Å². The summed E-state index contributed by atoms with van der Waals surface area (Å²) in [5.41, 5.74) is 2.05. The first-order valence-corrected chi connectivity index (χ1v) is 20.8. The second-order valence-electron chi connectivity index (χ2n) is 16.8. The molecule has 6 N–H and O–H groups in total. The van der Waals surface area contributed by atoms with Gasteiger partial charge in [0.25, 0.3) is 11.8 Å². The smallest absolute Gasteiger partial charge is 0.408 e. The lowest BCUT2D eigenvalue weighted by Gasteiger charge is -2.29. The van der Waals surface area contributed by atoms with Gasteiger partial charge >= 0.3 is 18.0 Å². The summed E-state index contributed by atoms with van der Waals surface area (Å²) in [5, 5.41) is 21.4. The number of aliphatic hydroxyl groups is 1. The third kappa shape index (κ3) is 21.4. The molecule has 346 valence electrons. The Bertz CT molecular complexity index is 1880. The van der Waals surface area contributed by atoms with Crippen LogP contribution in [0, 0.1) is 5.92 Å². The number of hydrogen-bond acceptors (Lipinski definition) is 12. The van der Waals surface area contributed by atoms with Crippen molar-refractivity contribution in [1.29, 1.82) is 0 Å². The van der Waals surface area contributed by atoms with Gasteiger partial charge in [-0.15, -0.1) is 0 Å². The highest BCUT2D eigenvalue weighted by atomic mass is 16.6. The van der Waals surface area contributed by atoms with Crippen LogP contribution >= 0.6 is 0 Å². The van der Waals surface area contributed by atoms with E-state index in [0.29, 0.717) is 23.4 Å². The largest absolute Gasteiger partial charge is 0.460 e. The monoisotopic (exact) mass is 880 g/mol. The zero-order valence-corrected chi connectivity index (χ0v) is 37.6. The zero-order valence-electron chi connectivity index (χ0n) is 37.6. The molecule has 2 aromatic rings. The summed E-state index contributed by atoms with van der Waals surface area (Å²) in [6.45, 7) is 13.7. The maximum Gasteiger partial charge on any atom is 0.408 e. The molecule has 0 saturated carbocycles. The Hall–Kier alpha value is -6.30. The summed E-state index contributed by atoms with van der Waals surface area (Å²) in [6.07, 6.45) is -0.564. The molecule has 0 aromatic heterocycles. The van der Waals surface area contributed by atoms with Crippen LogP contribution < -0.4 is 26.7 Å². The summed E-state index contributed by atoms with van der Waals surface area (Å²) in [4.78, 5) is 106. The van der Waals surface area contributed by atoms with Crippen molar-refractivity contribution in [1.82, 2.24) is 31.7 Å². The van der Waals surface area contributed by atoms with Gasteiger partial charge < -0.3 is 40.6 Å². The van der Waals surface area contributed by atoms with Crippen molar-refractivity contribution in [2.24, 2.45) is 5.92 Å². The minimum absolute atomic E-state index is 0.0765. The number of carbonyl (C=O) groups excluding carboxylic acids is 8. The molecule has 18 heteroatoms. The van der Waals surface area contributed by atoms with Crippen LogP contribution in [-0.2, 0) is 60.8 Å². The van der Waals surface area contributed by atoms with Gasteiger partial charge in [-0.1, -0.05) is 80.9 Å². The molecule has 18 nitrogen and oxygen atoms in total. The average Bonchev–Trinajstić information content (AvgIpc) is 3.20. The molecule has 63 heavy (non-hydrogen) atoms. The molecule has 0 aliphatic carbocycles. The van der Waals surface area contributed by atoms with Crippen LogP contribution in [0.25, 0.3) is 0 Å². The number of nitrogens with zero attached hydrogens (tertiary/aromatic N) is 1. The molecule has 2 rings (SSSR count). The molecule has 5 atom stereocenters. The molecule has 0 radical (unpaired) electrons. The summed E-state index contributed by atoms with van der Waals surface area (Å²) < 4.78 is 16.0. The number of ether oxygens (including phenoxy) is 3. The van der Waals surface area contributed by atoms with Crippen molar-refractivity contribution in [2.45, 2.75) is 130 Å². The van der Waals surface area contributed by atoms with E-state index in [2.05, 4.69) is 26.7 Å². The first kappa shape index (κ1) is 52.8. The predicted octanol–water partition coefficient (Wildman–Crippen LogP) is 2.92. The molecule has 0 saturated heterocycles. The summed E-state index contributed by atoms with van der Waals surface area (Å²) >= 11 is 0. The first-order chi connectivity index (χ1) is 29.5. The normalized spacial score (nSPS) is 13.8. The van der Waals surface area contributed by atoms with E-state index in [9.17, 15) is 43.5 Å². The topological polar surface area (TPSA) is 248 Å². The van der Waals surface area contributed by atoms with Crippen LogP contribution in [0.3, 0.4) is 0 Å². The van der Waals surface area contributed by atoms with E-state index in [-0.39, 0.29) is 26.0 Å². The maximum atomic E-state index is 14.0. The highest BCUT2D eigenvalue weighted by Crippen LogP contribution is 2.14. The number of esters is 2. The van der Waals surface area contributed by atoms with Gasteiger partial charge in [-0.05, 0) is 78.4 Å². The lowest BCUT2D eigenvalue weighted by atomic mass is 9.97. The van der Waals surface area contributed by atoms with Crippen LogP contribution in [0.15, 0.2) is 72.8 Å². The molecular weight excluding hydrogens is 817 g/mol. The number of carbonyl (C=O) groups is 8. The fourth-order valence-electron chi connectivity index (χ4n) is 5.59. The van der Waals surface area contributed by atoms with E-state index in [1.54, 1.807) is 85.7 Å². The van der Waals surface area contributed by atoms with Crippen molar-refractivity contribution in [3.63, 3.8) is 0 Å². The maximum absolute atomic E-state index is 14.0. The summed E-state index contributed by atoms with van der Waals surface area (Å²) in [7, 11) is 0. The van der Waals surface area contributed by atoms with Crippen LogP contribution in [0.1, 0.15) is 92.7 Å². The molecule has 0 heterocycles. The minimum Gasteiger partial charge on any atom is -0.460 e. The molecular formula is C45H64N6O12. The molecule has 2 aromatic carbocycles.